The summed E-state index contributed by atoms with van der Waals surface area (Å²) in [6.07, 6.45) is 0. The van der Waals surface area contributed by atoms with Gasteiger partial charge in [-0.3, -0.25) is 10.1 Å². The second-order valence-corrected chi connectivity index (χ2v) is 5.50. The largest absolute Gasteiger partial charge is 0.383 e. The fourth-order valence-corrected chi connectivity index (χ4v) is 2.94. The highest BCUT2D eigenvalue weighted by Crippen LogP contribution is 2.32. The van der Waals surface area contributed by atoms with E-state index in [-0.39, 0.29) is 5.69 Å². The Morgan fingerprint density at radius 3 is 2.70 bits per heavy atom. The van der Waals surface area contributed by atoms with Crippen molar-refractivity contribution in [2.45, 2.75) is 10.6 Å². The van der Waals surface area contributed by atoms with Gasteiger partial charge in [-0.2, -0.15) is 0 Å². The molecule has 0 fully saturated rings. The average molecular weight is 309 g/mol. The smallest absolute Gasteiger partial charge is 0.292 e. The molecule has 0 aliphatic carbocycles. The van der Waals surface area contributed by atoms with Gasteiger partial charge >= 0.3 is 0 Å². The van der Waals surface area contributed by atoms with Crippen LogP contribution in [0.2, 0.25) is 5.02 Å². The van der Waals surface area contributed by atoms with Crippen LogP contribution in [0.4, 0.5) is 11.4 Å². The molecule has 0 heterocycles. The summed E-state index contributed by atoms with van der Waals surface area (Å²) in [6, 6.07) is 12.7. The first-order chi connectivity index (χ1) is 9.61. The molecule has 2 aromatic rings. The lowest BCUT2D eigenvalue weighted by Gasteiger charge is -2.07. The normalized spacial score (nSPS) is 10.3. The summed E-state index contributed by atoms with van der Waals surface area (Å²) in [5.74, 6) is 0.705. The Labute approximate surface area is 126 Å². The van der Waals surface area contributed by atoms with E-state index in [2.05, 4.69) is 5.32 Å². The third-order valence-corrected chi connectivity index (χ3v) is 4.34. The van der Waals surface area contributed by atoms with Crippen LogP contribution in [0.5, 0.6) is 0 Å². The number of nitro benzene ring substituents is 1. The molecule has 4 nitrogen and oxygen atoms in total. The Morgan fingerprint density at radius 1 is 1.30 bits per heavy atom. The molecule has 0 amide bonds. The van der Waals surface area contributed by atoms with Crippen molar-refractivity contribution in [2.24, 2.45) is 0 Å². The van der Waals surface area contributed by atoms with E-state index in [1.807, 2.05) is 24.3 Å². The number of anilines is 1. The number of benzene rings is 2. The molecule has 0 atom stereocenters. The molecule has 0 radical (unpaired) electrons. The second kappa shape index (κ2) is 6.63. The van der Waals surface area contributed by atoms with Gasteiger partial charge in [0.1, 0.15) is 5.69 Å². The van der Waals surface area contributed by atoms with Gasteiger partial charge in [0.15, 0.2) is 0 Å². The number of rotatable bonds is 5. The molecule has 0 saturated heterocycles. The Balaban J connectivity index is 2.15. The summed E-state index contributed by atoms with van der Waals surface area (Å²) in [5.41, 5.74) is 1.61. The third-order valence-electron chi connectivity index (χ3n) is 2.76. The summed E-state index contributed by atoms with van der Waals surface area (Å²) < 4.78 is 0. The molecule has 1 N–H and O–H groups in total. The van der Waals surface area contributed by atoms with Gasteiger partial charge in [0.25, 0.3) is 5.69 Å². The van der Waals surface area contributed by atoms with Crippen LogP contribution < -0.4 is 5.32 Å². The van der Waals surface area contributed by atoms with Crippen molar-refractivity contribution in [2.75, 3.05) is 12.4 Å². The van der Waals surface area contributed by atoms with Crippen LogP contribution in [-0.4, -0.2) is 12.0 Å². The van der Waals surface area contributed by atoms with Crippen LogP contribution in [0.15, 0.2) is 47.4 Å². The molecule has 0 unspecified atom stereocenters. The average Bonchev–Trinajstić information content (AvgIpc) is 2.46. The maximum atomic E-state index is 10.9. The maximum Gasteiger partial charge on any atom is 0.292 e. The predicted molar refractivity (Wildman–Crippen MR) is 83.7 cm³/mol. The van der Waals surface area contributed by atoms with E-state index < -0.39 is 4.92 Å². The first-order valence-corrected chi connectivity index (χ1v) is 7.30. The molecule has 20 heavy (non-hydrogen) atoms. The topological polar surface area (TPSA) is 55.2 Å². The Hall–Kier alpha value is -1.72. The first kappa shape index (κ1) is 14.7. The number of hydrogen-bond acceptors (Lipinski definition) is 4. The zero-order valence-corrected chi connectivity index (χ0v) is 12.4. The standard InChI is InChI=1S/C14H13ClN2O2S/c1-16-12-8-10(6-7-13(12)17(18)19)9-20-14-5-3-2-4-11(14)15/h2-8,16H,9H2,1H3. The minimum Gasteiger partial charge on any atom is -0.383 e. The maximum absolute atomic E-state index is 10.9. The molecular formula is C14H13ClN2O2S. The highest BCUT2D eigenvalue weighted by atomic mass is 35.5. The van der Waals surface area contributed by atoms with Gasteiger partial charge in [-0.15, -0.1) is 11.8 Å². The second-order valence-electron chi connectivity index (χ2n) is 4.08. The molecular weight excluding hydrogens is 296 g/mol. The van der Waals surface area contributed by atoms with Crippen molar-refractivity contribution in [3.05, 3.63) is 63.2 Å². The number of nitro groups is 1. The Morgan fingerprint density at radius 2 is 2.05 bits per heavy atom. The van der Waals surface area contributed by atoms with E-state index >= 15 is 0 Å². The molecule has 0 saturated carbocycles. The summed E-state index contributed by atoms with van der Waals surface area (Å²) in [5, 5.41) is 14.4. The summed E-state index contributed by atoms with van der Waals surface area (Å²) in [7, 11) is 1.67. The van der Waals surface area contributed by atoms with Gasteiger partial charge in [-0.25, -0.2) is 0 Å². The number of nitrogens with one attached hydrogen (secondary N) is 1. The number of hydrogen-bond donors (Lipinski definition) is 1. The molecule has 0 aliphatic heterocycles. The van der Waals surface area contributed by atoms with Gasteiger partial charge in [-0.05, 0) is 23.8 Å². The highest BCUT2D eigenvalue weighted by molar-refractivity contribution is 7.98. The van der Waals surface area contributed by atoms with Crippen molar-refractivity contribution >= 4 is 34.7 Å². The number of halogens is 1. The first-order valence-electron chi connectivity index (χ1n) is 5.94. The molecule has 2 rings (SSSR count). The molecule has 0 aromatic heterocycles. The highest BCUT2D eigenvalue weighted by Gasteiger charge is 2.13. The van der Waals surface area contributed by atoms with E-state index in [4.69, 9.17) is 11.6 Å². The summed E-state index contributed by atoms with van der Waals surface area (Å²) >= 11 is 7.70. The summed E-state index contributed by atoms with van der Waals surface area (Å²) in [6.45, 7) is 0. The van der Waals surface area contributed by atoms with E-state index in [1.54, 1.807) is 30.9 Å². The molecule has 0 spiro atoms. The Bertz CT molecular complexity index is 634. The van der Waals surface area contributed by atoms with Crippen molar-refractivity contribution in [3.8, 4) is 0 Å². The lowest BCUT2D eigenvalue weighted by atomic mass is 10.2. The van der Waals surface area contributed by atoms with Gasteiger partial charge in [-0.1, -0.05) is 29.8 Å². The van der Waals surface area contributed by atoms with Crippen LogP contribution in [-0.2, 0) is 5.75 Å². The zero-order chi connectivity index (χ0) is 14.5. The third kappa shape index (κ3) is 3.43. The summed E-state index contributed by atoms with van der Waals surface area (Å²) in [4.78, 5) is 11.5. The fraction of sp³-hybridized carbons (Fsp3) is 0.143. The van der Waals surface area contributed by atoms with Crippen molar-refractivity contribution in [1.82, 2.24) is 0 Å². The minimum absolute atomic E-state index is 0.0824. The van der Waals surface area contributed by atoms with Crippen molar-refractivity contribution in [3.63, 3.8) is 0 Å². The van der Waals surface area contributed by atoms with Gasteiger partial charge < -0.3 is 5.32 Å². The van der Waals surface area contributed by atoms with Crippen molar-refractivity contribution < 1.29 is 4.92 Å². The van der Waals surface area contributed by atoms with Gasteiger partial charge in [0.05, 0.1) is 9.95 Å². The fourth-order valence-electron chi connectivity index (χ4n) is 1.76. The van der Waals surface area contributed by atoms with Crippen LogP contribution in [0.3, 0.4) is 0 Å². The van der Waals surface area contributed by atoms with Gasteiger partial charge in [0.2, 0.25) is 0 Å². The minimum atomic E-state index is -0.392. The zero-order valence-electron chi connectivity index (χ0n) is 10.8. The number of thioether (sulfide) groups is 1. The predicted octanol–water partition coefficient (Wildman–Crippen LogP) is 4.58. The monoisotopic (exact) mass is 308 g/mol. The van der Waals surface area contributed by atoms with E-state index in [0.29, 0.717) is 16.5 Å². The van der Waals surface area contributed by atoms with Crippen LogP contribution in [0.1, 0.15) is 5.56 Å². The number of nitrogens with zero attached hydrogens (tertiary/aromatic N) is 1. The van der Waals surface area contributed by atoms with Crippen molar-refractivity contribution in [1.29, 1.82) is 0 Å². The molecule has 104 valence electrons. The van der Waals surface area contributed by atoms with Crippen LogP contribution in [0, 0.1) is 10.1 Å². The van der Waals surface area contributed by atoms with E-state index in [9.17, 15) is 10.1 Å². The van der Waals surface area contributed by atoms with Crippen LogP contribution in [0.25, 0.3) is 0 Å². The lowest BCUT2D eigenvalue weighted by Crippen LogP contribution is -1.97. The van der Waals surface area contributed by atoms with E-state index in [0.717, 1.165) is 10.5 Å². The van der Waals surface area contributed by atoms with Crippen LogP contribution >= 0.6 is 23.4 Å². The van der Waals surface area contributed by atoms with Gasteiger partial charge in [0, 0.05) is 23.8 Å². The molecule has 0 bridgehead atoms. The quantitative estimate of drug-likeness (QED) is 0.499. The Kier molecular flexibility index (Phi) is 4.87. The molecule has 2 aromatic carbocycles. The SMILES string of the molecule is CNc1cc(CSc2ccccc2Cl)ccc1[N+](=O)[O-]. The lowest BCUT2D eigenvalue weighted by molar-refractivity contribution is -0.383. The molecule has 0 aliphatic rings. The molecule has 6 heteroatoms. The van der Waals surface area contributed by atoms with E-state index in [1.165, 1.54) is 6.07 Å².